The van der Waals surface area contributed by atoms with Crippen molar-refractivity contribution in [3.8, 4) is 0 Å². The van der Waals surface area contributed by atoms with Gasteiger partial charge >= 0.3 is 6.03 Å². The minimum atomic E-state index is -0.273. The van der Waals surface area contributed by atoms with Crippen molar-refractivity contribution in [1.82, 2.24) is 5.32 Å². The fraction of sp³-hybridized carbons (Fsp3) is 0.0833. The Morgan fingerprint density at radius 3 is 2.83 bits per heavy atom. The highest BCUT2D eigenvalue weighted by Crippen LogP contribution is 2.21. The molecule has 0 unspecified atom stereocenters. The Morgan fingerprint density at radius 2 is 2.17 bits per heavy atom. The zero-order chi connectivity index (χ0) is 13.0. The Kier molecular flexibility index (Phi) is 4.07. The third-order valence-electron chi connectivity index (χ3n) is 2.20. The van der Waals surface area contributed by atoms with Gasteiger partial charge in [-0.3, -0.25) is 0 Å². The first-order chi connectivity index (χ1) is 8.63. The summed E-state index contributed by atoms with van der Waals surface area (Å²) < 4.78 is 0.711. The molecule has 6 heteroatoms. The molecule has 0 aliphatic rings. The van der Waals surface area contributed by atoms with Gasteiger partial charge in [-0.05, 0) is 30.3 Å². The monoisotopic (exact) mass is 281 g/mol. The second-order valence-corrected chi connectivity index (χ2v) is 5.44. The molecule has 0 spiro atoms. The number of nitrogen functional groups attached to an aromatic ring is 1. The van der Waals surface area contributed by atoms with E-state index in [0.29, 0.717) is 22.3 Å². The van der Waals surface area contributed by atoms with Crippen LogP contribution in [0.5, 0.6) is 0 Å². The highest BCUT2D eigenvalue weighted by Gasteiger charge is 2.03. The number of hydrogen-bond donors (Lipinski definition) is 3. The van der Waals surface area contributed by atoms with Gasteiger partial charge < -0.3 is 16.4 Å². The molecule has 0 aliphatic carbocycles. The maximum atomic E-state index is 11.6. The van der Waals surface area contributed by atoms with Gasteiger partial charge in [0.05, 0.1) is 10.9 Å². The minimum Gasteiger partial charge on any atom is -0.399 e. The first-order valence-electron chi connectivity index (χ1n) is 5.28. The topological polar surface area (TPSA) is 67.1 Å². The van der Waals surface area contributed by atoms with Crippen molar-refractivity contribution in [2.75, 3.05) is 11.1 Å². The number of nitrogens with one attached hydrogen (secondary N) is 2. The lowest BCUT2D eigenvalue weighted by atomic mass is 10.3. The van der Waals surface area contributed by atoms with Gasteiger partial charge in [0, 0.05) is 16.3 Å². The van der Waals surface area contributed by atoms with Gasteiger partial charge in [0.1, 0.15) is 0 Å². The van der Waals surface area contributed by atoms with E-state index < -0.39 is 0 Å². The molecule has 0 saturated heterocycles. The maximum Gasteiger partial charge on any atom is 0.319 e. The Hall–Kier alpha value is -1.72. The Balaban J connectivity index is 1.85. The van der Waals surface area contributed by atoms with Gasteiger partial charge in [0.15, 0.2) is 0 Å². The molecule has 0 atom stereocenters. The number of carbonyl (C=O) groups excluding carboxylic acids is 1. The van der Waals surface area contributed by atoms with E-state index in [1.54, 1.807) is 30.3 Å². The predicted octanol–water partition coefficient (Wildman–Crippen LogP) is 3.31. The van der Waals surface area contributed by atoms with Crippen LogP contribution in [0.15, 0.2) is 36.4 Å². The summed E-state index contributed by atoms with van der Waals surface area (Å²) in [5.74, 6) is 0. The first kappa shape index (κ1) is 12.7. The van der Waals surface area contributed by atoms with Crippen LogP contribution in [0.25, 0.3) is 0 Å². The number of nitrogens with two attached hydrogens (primary N) is 1. The molecule has 2 rings (SSSR count). The zero-order valence-corrected chi connectivity index (χ0v) is 11.0. The molecule has 1 heterocycles. The third kappa shape index (κ3) is 3.65. The fourth-order valence-corrected chi connectivity index (χ4v) is 2.43. The van der Waals surface area contributed by atoms with E-state index in [9.17, 15) is 4.79 Å². The summed E-state index contributed by atoms with van der Waals surface area (Å²) in [5, 5.41) is 5.44. The normalized spacial score (nSPS) is 10.1. The molecule has 0 bridgehead atoms. The van der Waals surface area contributed by atoms with Crippen LogP contribution in [0.4, 0.5) is 16.2 Å². The maximum absolute atomic E-state index is 11.6. The number of urea groups is 1. The molecule has 0 saturated carbocycles. The number of carbonyl (C=O) groups is 1. The van der Waals surface area contributed by atoms with Gasteiger partial charge in [-0.25, -0.2) is 4.79 Å². The van der Waals surface area contributed by atoms with Crippen LogP contribution in [0.3, 0.4) is 0 Å². The molecular formula is C12H12ClN3OS. The molecule has 0 fully saturated rings. The van der Waals surface area contributed by atoms with Crippen molar-refractivity contribution < 1.29 is 4.79 Å². The van der Waals surface area contributed by atoms with Gasteiger partial charge in [-0.2, -0.15) is 0 Å². The van der Waals surface area contributed by atoms with Crippen molar-refractivity contribution in [1.29, 1.82) is 0 Å². The van der Waals surface area contributed by atoms with Gasteiger partial charge in [-0.15, -0.1) is 11.3 Å². The van der Waals surface area contributed by atoms with Gasteiger partial charge in [-0.1, -0.05) is 17.7 Å². The van der Waals surface area contributed by atoms with Gasteiger partial charge in [0.25, 0.3) is 0 Å². The minimum absolute atomic E-state index is 0.273. The zero-order valence-electron chi connectivity index (χ0n) is 9.44. The molecule has 18 heavy (non-hydrogen) atoms. The van der Waals surface area contributed by atoms with E-state index in [4.69, 9.17) is 17.3 Å². The SMILES string of the molecule is Nc1cccc(NC(=O)NCc2ccc(Cl)s2)c1. The summed E-state index contributed by atoms with van der Waals surface area (Å²) in [5.41, 5.74) is 6.89. The summed E-state index contributed by atoms with van der Waals surface area (Å²) in [7, 11) is 0. The second-order valence-electron chi connectivity index (χ2n) is 3.64. The van der Waals surface area contributed by atoms with Crippen molar-refractivity contribution in [2.24, 2.45) is 0 Å². The van der Waals surface area contributed by atoms with Crippen LogP contribution in [-0.4, -0.2) is 6.03 Å². The fourth-order valence-electron chi connectivity index (χ4n) is 1.41. The van der Waals surface area contributed by atoms with E-state index in [1.165, 1.54) is 11.3 Å². The van der Waals surface area contributed by atoms with Crippen LogP contribution >= 0.6 is 22.9 Å². The van der Waals surface area contributed by atoms with Crippen molar-refractivity contribution in [3.63, 3.8) is 0 Å². The molecule has 2 amide bonds. The van der Waals surface area contributed by atoms with Crippen LogP contribution in [0.1, 0.15) is 4.88 Å². The third-order valence-corrected chi connectivity index (χ3v) is 3.43. The lowest BCUT2D eigenvalue weighted by Crippen LogP contribution is -2.27. The predicted molar refractivity (Wildman–Crippen MR) is 76.0 cm³/mol. The molecule has 4 nitrogen and oxygen atoms in total. The Bertz CT molecular complexity index is 556. The summed E-state index contributed by atoms with van der Waals surface area (Å²) >= 11 is 7.24. The van der Waals surface area contributed by atoms with E-state index in [2.05, 4.69) is 10.6 Å². The Labute approximate surface area is 114 Å². The number of benzene rings is 1. The standard InChI is InChI=1S/C12H12ClN3OS/c13-11-5-4-10(18-11)7-15-12(17)16-9-3-1-2-8(14)6-9/h1-6H,7,14H2,(H2,15,16,17). The summed E-state index contributed by atoms with van der Waals surface area (Å²) in [6.45, 7) is 0.450. The molecule has 94 valence electrons. The summed E-state index contributed by atoms with van der Waals surface area (Å²) in [4.78, 5) is 12.6. The van der Waals surface area contributed by atoms with Crippen LogP contribution in [0, 0.1) is 0 Å². The Morgan fingerprint density at radius 1 is 1.33 bits per heavy atom. The van der Waals surface area contributed by atoms with E-state index in [0.717, 1.165) is 4.88 Å². The number of anilines is 2. The lowest BCUT2D eigenvalue weighted by molar-refractivity contribution is 0.252. The van der Waals surface area contributed by atoms with Crippen molar-refractivity contribution in [2.45, 2.75) is 6.54 Å². The molecule has 2 aromatic rings. The van der Waals surface area contributed by atoms with Gasteiger partial charge in [0.2, 0.25) is 0 Å². The quantitative estimate of drug-likeness (QED) is 0.756. The average Bonchev–Trinajstić information content (AvgIpc) is 2.73. The molecule has 0 aliphatic heterocycles. The molecular weight excluding hydrogens is 270 g/mol. The number of rotatable bonds is 3. The highest BCUT2D eigenvalue weighted by molar-refractivity contribution is 7.16. The lowest BCUT2D eigenvalue weighted by Gasteiger charge is -2.07. The summed E-state index contributed by atoms with van der Waals surface area (Å²) in [6.07, 6.45) is 0. The summed E-state index contributed by atoms with van der Waals surface area (Å²) in [6, 6.07) is 10.4. The van der Waals surface area contributed by atoms with Crippen LogP contribution in [-0.2, 0) is 6.54 Å². The average molecular weight is 282 g/mol. The molecule has 1 aromatic carbocycles. The number of hydrogen-bond acceptors (Lipinski definition) is 3. The van der Waals surface area contributed by atoms with E-state index in [-0.39, 0.29) is 6.03 Å². The first-order valence-corrected chi connectivity index (χ1v) is 6.47. The van der Waals surface area contributed by atoms with Crippen LogP contribution < -0.4 is 16.4 Å². The molecule has 4 N–H and O–H groups in total. The smallest absolute Gasteiger partial charge is 0.319 e. The van der Waals surface area contributed by atoms with Crippen molar-refractivity contribution in [3.05, 3.63) is 45.6 Å². The van der Waals surface area contributed by atoms with Crippen LogP contribution in [0.2, 0.25) is 4.34 Å². The van der Waals surface area contributed by atoms with Crippen molar-refractivity contribution >= 4 is 40.3 Å². The van der Waals surface area contributed by atoms with E-state index >= 15 is 0 Å². The number of amides is 2. The number of thiophene rings is 1. The highest BCUT2D eigenvalue weighted by atomic mass is 35.5. The number of halogens is 1. The van der Waals surface area contributed by atoms with E-state index in [1.807, 2.05) is 6.07 Å². The molecule has 1 aromatic heterocycles. The molecule has 0 radical (unpaired) electrons. The largest absolute Gasteiger partial charge is 0.399 e. The second kappa shape index (κ2) is 5.75.